The summed E-state index contributed by atoms with van der Waals surface area (Å²) in [6, 6.07) is 32.2. The van der Waals surface area contributed by atoms with Crippen molar-refractivity contribution in [2.75, 3.05) is 10.6 Å². The fourth-order valence-corrected chi connectivity index (χ4v) is 4.55. The van der Waals surface area contributed by atoms with Gasteiger partial charge in [-0.3, -0.25) is 9.59 Å². The van der Waals surface area contributed by atoms with Gasteiger partial charge in [-0.25, -0.2) is 0 Å². The molecule has 0 heterocycles. The van der Waals surface area contributed by atoms with Crippen LogP contribution >= 0.6 is 0 Å². The monoisotopic (exact) mass is 570 g/mol. The van der Waals surface area contributed by atoms with Crippen LogP contribution in [0.1, 0.15) is 74.9 Å². The summed E-state index contributed by atoms with van der Waals surface area (Å²) < 4.78 is 0. The Hall–Kier alpha value is -4.70. The number of carbonyl (C=O) groups excluding carboxylic acids is 2. The van der Waals surface area contributed by atoms with E-state index in [0.717, 1.165) is 40.0 Å². The molecule has 0 bridgehead atoms. The Morgan fingerprint density at radius 3 is 1.14 bits per heavy atom. The fraction of sp³-hybridized carbons (Fsp3) is 0.231. The van der Waals surface area contributed by atoms with Crippen LogP contribution in [-0.2, 0) is 26.8 Å². The number of benzene rings is 4. The summed E-state index contributed by atoms with van der Waals surface area (Å²) >= 11 is 0. The van der Waals surface area contributed by atoms with Crippen LogP contribution in [-0.4, -0.2) is 11.8 Å². The SMILES string of the molecule is CC(C)(C)c1ccc(C=CC(=O)Nc2ccc(Cc3ccc(NC(=O)C=Cc4ccc(C(C)(C)C)cc4)cc3)cc2)cc1. The highest BCUT2D eigenvalue weighted by atomic mass is 16.2. The molecule has 43 heavy (non-hydrogen) atoms. The predicted octanol–water partition coefficient (Wildman–Crippen LogP) is 9.18. The summed E-state index contributed by atoms with van der Waals surface area (Å²) in [5, 5.41) is 5.84. The van der Waals surface area contributed by atoms with E-state index in [4.69, 9.17) is 0 Å². The normalized spacial score (nSPS) is 12.0. The zero-order valence-corrected chi connectivity index (χ0v) is 26.1. The maximum absolute atomic E-state index is 12.4. The number of hydrogen-bond donors (Lipinski definition) is 2. The minimum absolute atomic E-state index is 0.102. The molecule has 4 nitrogen and oxygen atoms in total. The lowest BCUT2D eigenvalue weighted by Crippen LogP contribution is -2.10. The van der Waals surface area contributed by atoms with Gasteiger partial charge in [0.15, 0.2) is 0 Å². The average molecular weight is 571 g/mol. The molecule has 2 amide bonds. The molecule has 0 spiro atoms. The van der Waals surface area contributed by atoms with Crippen molar-refractivity contribution in [3.8, 4) is 0 Å². The Morgan fingerprint density at radius 2 is 0.837 bits per heavy atom. The molecule has 0 saturated carbocycles. The van der Waals surface area contributed by atoms with E-state index in [1.165, 1.54) is 11.1 Å². The van der Waals surface area contributed by atoms with Gasteiger partial charge in [-0.15, -0.1) is 0 Å². The maximum atomic E-state index is 12.4. The van der Waals surface area contributed by atoms with E-state index in [1.807, 2.05) is 84.9 Å². The Balaban J connectivity index is 1.25. The second kappa shape index (κ2) is 13.5. The van der Waals surface area contributed by atoms with Crippen LogP contribution < -0.4 is 10.6 Å². The largest absolute Gasteiger partial charge is 0.323 e. The van der Waals surface area contributed by atoms with Crippen molar-refractivity contribution in [2.45, 2.75) is 58.8 Å². The van der Waals surface area contributed by atoms with E-state index in [-0.39, 0.29) is 22.6 Å². The summed E-state index contributed by atoms with van der Waals surface area (Å²) in [5.41, 5.74) is 8.46. The quantitative estimate of drug-likeness (QED) is 0.208. The van der Waals surface area contributed by atoms with Crippen LogP contribution in [0.2, 0.25) is 0 Å². The summed E-state index contributed by atoms with van der Waals surface area (Å²) in [5.74, 6) is -0.336. The van der Waals surface area contributed by atoms with Crippen molar-refractivity contribution in [1.82, 2.24) is 0 Å². The lowest BCUT2D eigenvalue weighted by Gasteiger charge is -2.18. The number of amides is 2. The first kappa shape index (κ1) is 31.2. The van der Waals surface area contributed by atoms with E-state index in [9.17, 15) is 9.59 Å². The van der Waals surface area contributed by atoms with E-state index in [2.05, 4.69) is 76.4 Å². The first-order chi connectivity index (χ1) is 20.3. The number of rotatable bonds is 8. The highest BCUT2D eigenvalue weighted by molar-refractivity contribution is 6.02. The Morgan fingerprint density at radius 1 is 0.512 bits per heavy atom. The number of hydrogen-bond acceptors (Lipinski definition) is 2. The summed E-state index contributed by atoms with van der Waals surface area (Å²) in [7, 11) is 0. The number of nitrogens with one attached hydrogen (secondary N) is 2. The number of anilines is 2. The van der Waals surface area contributed by atoms with Crippen LogP contribution in [0.3, 0.4) is 0 Å². The molecular formula is C39H42N2O2. The molecule has 0 saturated heterocycles. The van der Waals surface area contributed by atoms with Gasteiger partial charge in [-0.2, -0.15) is 0 Å². The molecule has 4 heteroatoms. The zero-order valence-electron chi connectivity index (χ0n) is 26.1. The van der Waals surface area contributed by atoms with Crippen LogP contribution in [0.5, 0.6) is 0 Å². The molecule has 4 aromatic carbocycles. The summed E-state index contributed by atoms with van der Waals surface area (Å²) in [6.07, 6.45) is 7.51. The van der Waals surface area contributed by atoms with Crippen molar-refractivity contribution in [3.63, 3.8) is 0 Å². The maximum Gasteiger partial charge on any atom is 0.248 e. The molecule has 0 atom stereocenters. The van der Waals surface area contributed by atoms with Crippen LogP contribution in [0, 0.1) is 0 Å². The van der Waals surface area contributed by atoms with Gasteiger partial charge in [-0.1, -0.05) is 114 Å². The van der Waals surface area contributed by atoms with Crippen molar-refractivity contribution >= 4 is 35.3 Å². The van der Waals surface area contributed by atoms with Crippen LogP contribution in [0.15, 0.2) is 109 Å². The van der Waals surface area contributed by atoms with E-state index in [0.29, 0.717) is 0 Å². The van der Waals surface area contributed by atoms with Crippen molar-refractivity contribution in [1.29, 1.82) is 0 Å². The third kappa shape index (κ3) is 9.68. The van der Waals surface area contributed by atoms with Gasteiger partial charge < -0.3 is 10.6 Å². The standard InChI is InChI=1S/C39H42N2O2/c1-38(2,3)32-17-7-28(8-18-32)15-25-36(42)40-34-21-11-30(12-22-34)27-31-13-23-35(24-14-31)41-37(43)26-16-29-9-19-33(20-10-29)39(4,5)6/h7-26H,27H2,1-6H3,(H,40,42)(H,41,43). The fourth-order valence-electron chi connectivity index (χ4n) is 4.55. The molecule has 0 aliphatic carbocycles. The molecule has 2 N–H and O–H groups in total. The molecule has 220 valence electrons. The lowest BCUT2D eigenvalue weighted by molar-refractivity contribution is -0.112. The highest BCUT2D eigenvalue weighted by Gasteiger charge is 2.13. The Labute approximate surface area is 256 Å². The molecule has 0 radical (unpaired) electrons. The molecule has 4 rings (SSSR count). The second-order valence-corrected chi connectivity index (χ2v) is 13.0. The van der Waals surface area contributed by atoms with Gasteiger partial charge in [0.05, 0.1) is 0 Å². The third-order valence-corrected chi connectivity index (χ3v) is 7.26. The molecule has 0 unspecified atom stereocenters. The molecule has 0 aromatic heterocycles. The van der Waals surface area contributed by atoms with Crippen molar-refractivity contribution < 1.29 is 9.59 Å². The topological polar surface area (TPSA) is 58.2 Å². The lowest BCUT2D eigenvalue weighted by atomic mass is 9.87. The van der Waals surface area contributed by atoms with Crippen LogP contribution in [0.4, 0.5) is 11.4 Å². The highest BCUT2D eigenvalue weighted by Crippen LogP contribution is 2.24. The molecule has 4 aromatic rings. The minimum Gasteiger partial charge on any atom is -0.323 e. The molecular weight excluding hydrogens is 528 g/mol. The van der Waals surface area contributed by atoms with Crippen molar-refractivity contribution in [2.24, 2.45) is 0 Å². The number of carbonyl (C=O) groups is 2. The van der Waals surface area contributed by atoms with Gasteiger partial charge in [0, 0.05) is 23.5 Å². The van der Waals surface area contributed by atoms with Gasteiger partial charge in [-0.05, 0) is 87.0 Å². The van der Waals surface area contributed by atoms with Gasteiger partial charge in [0.1, 0.15) is 0 Å². The summed E-state index contributed by atoms with van der Waals surface area (Å²) in [6.45, 7) is 13.1. The summed E-state index contributed by atoms with van der Waals surface area (Å²) in [4.78, 5) is 24.8. The van der Waals surface area contributed by atoms with Gasteiger partial charge in [0.25, 0.3) is 0 Å². The van der Waals surface area contributed by atoms with Gasteiger partial charge >= 0.3 is 0 Å². The third-order valence-electron chi connectivity index (χ3n) is 7.26. The average Bonchev–Trinajstić information content (AvgIpc) is 2.96. The first-order valence-electron chi connectivity index (χ1n) is 14.7. The Bertz CT molecular complexity index is 1460. The zero-order chi connectivity index (χ0) is 31.0. The van der Waals surface area contributed by atoms with Crippen molar-refractivity contribution in [3.05, 3.63) is 143 Å². The van der Waals surface area contributed by atoms with E-state index < -0.39 is 0 Å². The molecule has 0 aliphatic rings. The van der Waals surface area contributed by atoms with Gasteiger partial charge in [0.2, 0.25) is 11.8 Å². The smallest absolute Gasteiger partial charge is 0.248 e. The molecule has 0 fully saturated rings. The second-order valence-electron chi connectivity index (χ2n) is 13.0. The Kier molecular flexibility index (Phi) is 9.82. The minimum atomic E-state index is -0.168. The van der Waals surface area contributed by atoms with E-state index in [1.54, 1.807) is 12.2 Å². The molecule has 0 aliphatic heterocycles. The predicted molar refractivity (Wildman–Crippen MR) is 181 cm³/mol. The van der Waals surface area contributed by atoms with E-state index >= 15 is 0 Å². The van der Waals surface area contributed by atoms with Crippen LogP contribution in [0.25, 0.3) is 12.2 Å². The first-order valence-corrected chi connectivity index (χ1v) is 14.7.